The van der Waals surface area contributed by atoms with Crippen LogP contribution in [0.1, 0.15) is 13.3 Å². The number of hydrogen-bond donors (Lipinski definition) is 0. The third-order valence-electron chi connectivity index (χ3n) is 3.24. The van der Waals surface area contributed by atoms with Crippen molar-refractivity contribution in [3.05, 3.63) is 0 Å². The highest BCUT2D eigenvalue weighted by Gasteiger charge is 2.41. The monoisotopic (exact) mass is 285 g/mol. The molecule has 1 heterocycles. The zero-order chi connectivity index (χ0) is 15.3. The van der Waals surface area contributed by atoms with Gasteiger partial charge in [0, 0.05) is 13.1 Å². The Hall–Kier alpha value is -1.47. The largest absolute Gasteiger partial charge is 0.465 e. The van der Waals surface area contributed by atoms with Gasteiger partial charge in [-0.25, -0.2) is 0 Å². The van der Waals surface area contributed by atoms with Crippen molar-refractivity contribution >= 4 is 17.8 Å². The molecule has 1 aliphatic heterocycles. The van der Waals surface area contributed by atoms with Crippen molar-refractivity contribution in [3.8, 4) is 0 Å². The fraction of sp³-hybridized carbons (Fsp3) is 0.769. The average molecular weight is 285 g/mol. The molecule has 0 aromatic rings. The maximum absolute atomic E-state index is 12.2. The lowest BCUT2D eigenvalue weighted by atomic mass is 10.2. The fourth-order valence-electron chi connectivity index (χ4n) is 2.03. The molecular weight excluding hydrogens is 262 g/mol. The van der Waals surface area contributed by atoms with E-state index in [0.717, 1.165) is 11.4 Å². The van der Waals surface area contributed by atoms with Crippen LogP contribution in [0.25, 0.3) is 0 Å². The minimum absolute atomic E-state index is 0.127. The van der Waals surface area contributed by atoms with Gasteiger partial charge in [-0.2, -0.15) is 0 Å². The highest BCUT2D eigenvalue weighted by Crippen LogP contribution is 2.17. The van der Waals surface area contributed by atoms with Gasteiger partial charge in [0.1, 0.15) is 6.54 Å². The van der Waals surface area contributed by atoms with E-state index in [1.807, 2.05) is 30.9 Å². The zero-order valence-electron chi connectivity index (χ0n) is 12.6. The minimum atomic E-state index is -0.550. The van der Waals surface area contributed by atoms with E-state index in [2.05, 4.69) is 0 Å². The Morgan fingerprint density at radius 3 is 2.50 bits per heavy atom. The van der Waals surface area contributed by atoms with Crippen LogP contribution >= 0.6 is 0 Å². The maximum Gasteiger partial charge on any atom is 0.326 e. The predicted molar refractivity (Wildman–Crippen MR) is 72.9 cm³/mol. The van der Waals surface area contributed by atoms with Crippen molar-refractivity contribution in [1.29, 1.82) is 0 Å². The van der Waals surface area contributed by atoms with Crippen LogP contribution in [-0.2, 0) is 19.1 Å². The molecule has 0 radical (unpaired) electrons. The van der Waals surface area contributed by atoms with E-state index >= 15 is 0 Å². The number of nitrogens with zero attached hydrogens (tertiary/aromatic N) is 3. The van der Waals surface area contributed by atoms with Crippen LogP contribution < -0.4 is 0 Å². The van der Waals surface area contributed by atoms with Gasteiger partial charge in [-0.05, 0) is 28.1 Å². The number of rotatable bonds is 7. The molecule has 0 spiro atoms. The first-order valence-corrected chi connectivity index (χ1v) is 6.71. The summed E-state index contributed by atoms with van der Waals surface area (Å²) in [5, 5.41) is 0. The molecule has 0 aromatic carbocycles. The Labute approximate surface area is 119 Å². The Morgan fingerprint density at radius 2 is 1.95 bits per heavy atom. The molecule has 0 N–H and O–H groups in total. The highest BCUT2D eigenvalue weighted by atomic mass is 16.5. The molecule has 0 saturated carbocycles. The van der Waals surface area contributed by atoms with Gasteiger partial charge >= 0.3 is 5.97 Å². The van der Waals surface area contributed by atoms with Crippen LogP contribution in [0, 0.1) is 0 Å². The number of likely N-dealkylation sites (N-methyl/N-ethyl adjacent to an activating group) is 2. The van der Waals surface area contributed by atoms with Gasteiger partial charge in [-0.3, -0.25) is 24.2 Å². The molecule has 1 aliphatic rings. The van der Waals surface area contributed by atoms with Crippen molar-refractivity contribution in [2.24, 2.45) is 0 Å². The first-order chi connectivity index (χ1) is 9.36. The van der Waals surface area contributed by atoms with Gasteiger partial charge in [0.2, 0.25) is 11.8 Å². The summed E-state index contributed by atoms with van der Waals surface area (Å²) in [4.78, 5) is 40.3. The number of amides is 2. The molecule has 0 bridgehead atoms. The summed E-state index contributed by atoms with van der Waals surface area (Å²) >= 11 is 0. The Bertz CT molecular complexity index is 384. The van der Waals surface area contributed by atoms with Crippen molar-refractivity contribution in [2.45, 2.75) is 19.4 Å². The van der Waals surface area contributed by atoms with Crippen LogP contribution in [0.2, 0.25) is 0 Å². The van der Waals surface area contributed by atoms with Crippen LogP contribution in [-0.4, -0.2) is 85.9 Å². The van der Waals surface area contributed by atoms with Gasteiger partial charge < -0.3 is 9.64 Å². The summed E-state index contributed by atoms with van der Waals surface area (Å²) in [6.45, 7) is 3.12. The molecule has 0 aliphatic carbocycles. The molecule has 20 heavy (non-hydrogen) atoms. The number of likely N-dealkylation sites (tertiary alicyclic amines) is 1. The molecule has 2 amide bonds. The van der Waals surface area contributed by atoms with Gasteiger partial charge in [-0.1, -0.05) is 0 Å². The van der Waals surface area contributed by atoms with Gasteiger partial charge in [-0.15, -0.1) is 0 Å². The third-order valence-corrected chi connectivity index (χ3v) is 3.24. The van der Waals surface area contributed by atoms with E-state index in [1.54, 1.807) is 6.92 Å². The van der Waals surface area contributed by atoms with Crippen molar-refractivity contribution < 1.29 is 19.1 Å². The summed E-state index contributed by atoms with van der Waals surface area (Å²) in [6.07, 6.45) is 0.127. The minimum Gasteiger partial charge on any atom is -0.465 e. The third kappa shape index (κ3) is 4.28. The number of esters is 1. The van der Waals surface area contributed by atoms with Gasteiger partial charge in [0.15, 0.2) is 0 Å². The molecule has 1 atom stereocenters. The number of hydrogen-bond acceptors (Lipinski definition) is 6. The number of carbonyl (C=O) groups is 3. The summed E-state index contributed by atoms with van der Waals surface area (Å²) in [7, 11) is 5.71. The number of ether oxygens (including phenoxy) is 1. The lowest BCUT2D eigenvalue weighted by Gasteiger charge is -2.24. The van der Waals surface area contributed by atoms with E-state index in [9.17, 15) is 14.4 Å². The van der Waals surface area contributed by atoms with Crippen LogP contribution in [0.4, 0.5) is 0 Å². The number of imide groups is 1. The zero-order valence-corrected chi connectivity index (χ0v) is 12.6. The van der Waals surface area contributed by atoms with Crippen LogP contribution in [0.5, 0.6) is 0 Å². The summed E-state index contributed by atoms with van der Waals surface area (Å²) in [5.41, 5.74) is 0. The maximum atomic E-state index is 12.2. The predicted octanol–water partition coefficient (Wildman–Crippen LogP) is -0.830. The number of carbonyl (C=O) groups excluding carboxylic acids is 3. The topological polar surface area (TPSA) is 70.2 Å². The second kappa shape index (κ2) is 7.35. The van der Waals surface area contributed by atoms with E-state index < -0.39 is 12.0 Å². The second-order valence-electron chi connectivity index (χ2n) is 5.13. The molecule has 7 heteroatoms. The summed E-state index contributed by atoms with van der Waals surface area (Å²) < 4.78 is 4.77. The van der Waals surface area contributed by atoms with Crippen molar-refractivity contribution in [3.63, 3.8) is 0 Å². The summed E-state index contributed by atoms with van der Waals surface area (Å²) in [5.74, 6) is -1.18. The highest BCUT2D eigenvalue weighted by molar-refractivity contribution is 6.07. The Morgan fingerprint density at radius 1 is 1.30 bits per heavy atom. The molecule has 0 aromatic heterocycles. The average Bonchev–Trinajstić information content (AvgIpc) is 2.64. The molecule has 1 fully saturated rings. The van der Waals surface area contributed by atoms with Crippen molar-refractivity contribution in [2.75, 3.05) is 47.4 Å². The smallest absolute Gasteiger partial charge is 0.326 e. The van der Waals surface area contributed by atoms with Gasteiger partial charge in [0.05, 0.1) is 19.1 Å². The molecule has 114 valence electrons. The normalized spacial score (nSPS) is 19.3. The van der Waals surface area contributed by atoms with Crippen LogP contribution in [0.15, 0.2) is 0 Å². The second-order valence-corrected chi connectivity index (χ2v) is 5.13. The molecule has 7 nitrogen and oxygen atoms in total. The van der Waals surface area contributed by atoms with E-state index in [1.165, 1.54) is 0 Å². The fourth-order valence-corrected chi connectivity index (χ4v) is 2.03. The molecule has 1 rings (SSSR count). The van der Waals surface area contributed by atoms with E-state index in [-0.39, 0.29) is 31.4 Å². The van der Waals surface area contributed by atoms with E-state index in [4.69, 9.17) is 4.74 Å². The molecular formula is C13H23N3O4. The van der Waals surface area contributed by atoms with Gasteiger partial charge in [0.25, 0.3) is 0 Å². The molecule has 1 saturated heterocycles. The first kappa shape index (κ1) is 16.6. The van der Waals surface area contributed by atoms with Crippen LogP contribution in [0.3, 0.4) is 0 Å². The standard InChI is InChI=1S/C13H23N3O4/c1-5-20-12(18)9-16-11(17)8-10(13(16)19)15(4)7-6-14(2)3/h10H,5-9H2,1-4H3/t10-/m1/s1. The first-order valence-electron chi connectivity index (χ1n) is 6.71. The SMILES string of the molecule is CCOC(=O)CN1C(=O)C[C@@H](N(C)CCN(C)C)C1=O. The van der Waals surface area contributed by atoms with Crippen molar-refractivity contribution in [1.82, 2.24) is 14.7 Å². The Kier molecular flexibility index (Phi) is 6.09. The van der Waals surface area contributed by atoms with E-state index in [0.29, 0.717) is 6.54 Å². The summed E-state index contributed by atoms with van der Waals surface area (Å²) in [6, 6.07) is -0.475. The Balaban J connectivity index is 2.59. The lowest BCUT2D eigenvalue weighted by Crippen LogP contribution is -2.43. The molecule has 0 unspecified atom stereocenters. The lowest BCUT2D eigenvalue weighted by molar-refractivity contribution is -0.152. The quantitative estimate of drug-likeness (QED) is 0.449.